The molecule has 4 nitrogen and oxygen atoms in total. The van der Waals surface area contributed by atoms with Crippen molar-refractivity contribution in [3.05, 3.63) is 16.1 Å². The van der Waals surface area contributed by atoms with Gasteiger partial charge in [-0.25, -0.2) is 4.98 Å². The molecule has 0 aromatic carbocycles. The maximum Gasteiger partial charge on any atom is 0.147 e. The van der Waals surface area contributed by atoms with Gasteiger partial charge >= 0.3 is 0 Å². The van der Waals surface area contributed by atoms with Crippen LogP contribution in [0.5, 0.6) is 0 Å². The molecule has 6 heteroatoms. The molecule has 3 N–H and O–H groups in total. The summed E-state index contributed by atoms with van der Waals surface area (Å²) in [5.74, 6) is 1.20. The van der Waals surface area contributed by atoms with Crippen molar-refractivity contribution in [3.8, 4) is 0 Å². The molecule has 0 aliphatic heterocycles. The highest BCUT2D eigenvalue weighted by Crippen LogP contribution is 2.29. The van der Waals surface area contributed by atoms with Gasteiger partial charge in [0.05, 0.1) is 10.0 Å². The Hall–Kier alpha value is -0.710. The van der Waals surface area contributed by atoms with Crippen LogP contribution in [0.4, 0.5) is 11.6 Å². The number of halogens is 2. The molecule has 0 aliphatic rings. The van der Waals surface area contributed by atoms with E-state index in [0.29, 0.717) is 28.2 Å². The summed E-state index contributed by atoms with van der Waals surface area (Å²) < 4.78 is 0. The number of aliphatic hydroxyl groups is 1. The van der Waals surface area contributed by atoms with Crippen LogP contribution in [0.25, 0.3) is 0 Å². The molecule has 0 saturated carbocycles. The molecule has 0 atom stereocenters. The van der Waals surface area contributed by atoms with Crippen molar-refractivity contribution in [2.45, 2.75) is 27.2 Å². The largest absolute Gasteiger partial charge is 0.396 e. The number of nitrogens with one attached hydrogen (secondary N) is 2. The van der Waals surface area contributed by atoms with Crippen molar-refractivity contribution in [2.24, 2.45) is 5.41 Å². The SMILES string of the molecule is CCCNc1nc(NCC(C)(C)CO)c(Cl)cc1Cl. The topological polar surface area (TPSA) is 57.2 Å². The first-order chi connectivity index (χ1) is 8.89. The Balaban J connectivity index is 2.82. The number of aromatic nitrogens is 1. The fourth-order valence-electron chi connectivity index (χ4n) is 1.34. The van der Waals surface area contributed by atoms with E-state index in [-0.39, 0.29) is 12.0 Å². The highest BCUT2D eigenvalue weighted by molar-refractivity contribution is 6.37. The number of nitrogens with zero attached hydrogens (tertiary/aromatic N) is 1. The summed E-state index contributed by atoms with van der Waals surface area (Å²) in [6, 6.07) is 1.67. The van der Waals surface area contributed by atoms with E-state index in [0.717, 1.165) is 13.0 Å². The van der Waals surface area contributed by atoms with Gasteiger partial charge in [0, 0.05) is 25.1 Å². The van der Waals surface area contributed by atoms with Crippen LogP contribution < -0.4 is 10.6 Å². The molecule has 1 heterocycles. The third-order valence-electron chi connectivity index (χ3n) is 2.63. The molecule has 0 bridgehead atoms. The molecular weight excluding hydrogens is 285 g/mol. The molecule has 0 amide bonds. The Morgan fingerprint density at radius 1 is 1.21 bits per heavy atom. The van der Waals surface area contributed by atoms with Gasteiger partial charge in [-0.05, 0) is 12.5 Å². The number of aliphatic hydroxyl groups excluding tert-OH is 1. The zero-order valence-electron chi connectivity index (χ0n) is 11.6. The fraction of sp³-hybridized carbons (Fsp3) is 0.615. The molecule has 0 aliphatic carbocycles. The van der Waals surface area contributed by atoms with Gasteiger partial charge in [-0.1, -0.05) is 44.0 Å². The zero-order valence-corrected chi connectivity index (χ0v) is 13.1. The second kappa shape index (κ2) is 7.17. The number of pyridine rings is 1. The lowest BCUT2D eigenvalue weighted by molar-refractivity contribution is 0.170. The van der Waals surface area contributed by atoms with Gasteiger partial charge in [0.25, 0.3) is 0 Å². The normalized spacial score (nSPS) is 11.5. The summed E-state index contributed by atoms with van der Waals surface area (Å²) in [5.41, 5.74) is -0.234. The highest BCUT2D eigenvalue weighted by Gasteiger charge is 2.17. The summed E-state index contributed by atoms with van der Waals surface area (Å²) >= 11 is 12.2. The smallest absolute Gasteiger partial charge is 0.147 e. The van der Waals surface area contributed by atoms with E-state index in [1.807, 2.05) is 13.8 Å². The number of anilines is 2. The zero-order chi connectivity index (χ0) is 14.5. The molecule has 0 spiro atoms. The molecule has 1 aromatic rings. The monoisotopic (exact) mass is 305 g/mol. The van der Waals surface area contributed by atoms with Gasteiger partial charge in [0.1, 0.15) is 11.6 Å². The van der Waals surface area contributed by atoms with Crippen LogP contribution in [0.2, 0.25) is 10.0 Å². The summed E-state index contributed by atoms with van der Waals surface area (Å²) in [4.78, 5) is 4.38. The lowest BCUT2D eigenvalue weighted by Gasteiger charge is -2.23. The van der Waals surface area contributed by atoms with E-state index >= 15 is 0 Å². The molecule has 19 heavy (non-hydrogen) atoms. The average Bonchev–Trinajstić information content (AvgIpc) is 2.36. The Labute approximate surface area is 124 Å². The van der Waals surface area contributed by atoms with Crippen LogP contribution in [-0.2, 0) is 0 Å². The Morgan fingerprint density at radius 2 is 1.79 bits per heavy atom. The molecule has 0 saturated heterocycles. The van der Waals surface area contributed by atoms with Crippen molar-refractivity contribution in [1.82, 2.24) is 4.98 Å². The van der Waals surface area contributed by atoms with Crippen molar-refractivity contribution >= 4 is 34.8 Å². The van der Waals surface area contributed by atoms with E-state index in [2.05, 4.69) is 22.5 Å². The first-order valence-electron chi connectivity index (χ1n) is 6.34. The standard InChI is InChI=1S/C13H21Cl2N3O/c1-4-5-16-11-9(14)6-10(15)12(18-11)17-7-13(2,3)8-19/h6,19H,4-5,7-8H2,1-3H3,(H2,16,17,18). The quantitative estimate of drug-likeness (QED) is 0.720. The van der Waals surface area contributed by atoms with E-state index in [1.54, 1.807) is 6.07 Å². The average molecular weight is 306 g/mol. The van der Waals surface area contributed by atoms with Crippen molar-refractivity contribution in [2.75, 3.05) is 30.3 Å². The van der Waals surface area contributed by atoms with Gasteiger partial charge in [-0.3, -0.25) is 0 Å². The van der Waals surface area contributed by atoms with Crippen LogP contribution in [0.1, 0.15) is 27.2 Å². The van der Waals surface area contributed by atoms with Crippen LogP contribution in [0.15, 0.2) is 6.07 Å². The minimum atomic E-state index is -0.234. The van der Waals surface area contributed by atoms with Gasteiger partial charge in [-0.15, -0.1) is 0 Å². The van der Waals surface area contributed by atoms with E-state index in [4.69, 9.17) is 23.2 Å². The van der Waals surface area contributed by atoms with E-state index < -0.39 is 0 Å². The minimum Gasteiger partial charge on any atom is -0.396 e. The Kier molecular flexibility index (Phi) is 6.17. The first kappa shape index (κ1) is 16.3. The number of hydrogen-bond donors (Lipinski definition) is 3. The third-order valence-corrected chi connectivity index (χ3v) is 3.21. The van der Waals surface area contributed by atoms with Crippen molar-refractivity contribution in [1.29, 1.82) is 0 Å². The predicted molar refractivity (Wildman–Crippen MR) is 82.4 cm³/mol. The van der Waals surface area contributed by atoms with Crippen LogP contribution >= 0.6 is 23.2 Å². The van der Waals surface area contributed by atoms with Crippen molar-refractivity contribution in [3.63, 3.8) is 0 Å². The van der Waals surface area contributed by atoms with Gasteiger partial charge in [-0.2, -0.15) is 0 Å². The highest BCUT2D eigenvalue weighted by atomic mass is 35.5. The first-order valence-corrected chi connectivity index (χ1v) is 7.10. The maximum atomic E-state index is 9.23. The van der Waals surface area contributed by atoms with Crippen molar-refractivity contribution < 1.29 is 5.11 Å². The molecule has 1 rings (SSSR count). The molecule has 0 radical (unpaired) electrons. The third kappa shape index (κ3) is 5.05. The minimum absolute atomic E-state index is 0.0894. The molecule has 1 aromatic heterocycles. The second-order valence-electron chi connectivity index (χ2n) is 5.25. The Morgan fingerprint density at radius 3 is 2.32 bits per heavy atom. The van der Waals surface area contributed by atoms with E-state index in [9.17, 15) is 5.11 Å². The maximum absolute atomic E-state index is 9.23. The van der Waals surface area contributed by atoms with Gasteiger partial charge in [0.15, 0.2) is 0 Å². The predicted octanol–water partition coefficient (Wildman–Crippen LogP) is 3.64. The lowest BCUT2D eigenvalue weighted by atomic mass is 9.95. The molecule has 108 valence electrons. The number of hydrogen-bond acceptors (Lipinski definition) is 4. The lowest BCUT2D eigenvalue weighted by Crippen LogP contribution is -2.27. The fourth-order valence-corrected chi connectivity index (χ4v) is 1.83. The van der Waals surface area contributed by atoms with Gasteiger partial charge < -0.3 is 15.7 Å². The molecular formula is C13H21Cl2N3O. The summed E-state index contributed by atoms with van der Waals surface area (Å²) in [5, 5.41) is 16.5. The Bertz CT molecular complexity index is 425. The van der Waals surface area contributed by atoms with Gasteiger partial charge in [0.2, 0.25) is 0 Å². The van der Waals surface area contributed by atoms with Crippen LogP contribution in [0, 0.1) is 5.41 Å². The summed E-state index contributed by atoms with van der Waals surface area (Å²) in [6.07, 6.45) is 0.987. The van der Waals surface area contributed by atoms with E-state index in [1.165, 1.54) is 0 Å². The van der Waals surface area contributed by atoms with Crippen LogP contribution in [-0.4, -0.2) is 29.8 Å². The second-order valence-corrected chi connectivity index (χ2v) is 6.07. The number of rotatable bonds is 7. The molecule has 0 fully saturated rings. The van der Waals surface area contributed by atoms with Crippen LogP contribution in [0.3, 0.4) is 0 Å². The molecule has 0 unspecified atom stereocenters. The summed E-state index contributed by atoms with van der Waals surface area (Å²) in [7, 11) is 0. The summed E-state index contributed by atoms with van der Waals surface area (Å²) in [6.45, 7) is 7.45.